The van der Waals surface area contributed by atoms with E-state index in [1.165, 1.54) is 0 Å². The predicted molar refractivity (Wildman–Crippen MR) is 163 cm³/mol. The van der Waals surface area contributed by atoms with Crippen molar-refractivity contribution < 1.29 is 29.0 Å². The summed E-state index contributed by atoms with van der Waals surface area (Å²) in [6.07, 6.45) is 2.64. The molecule has 0 saturated carbocycles. The first-order valence-corrected chi connectivity index (χ1v) is 15.8. The van der Waals surface area contributed by atoms with Crippen LogP contribution in [0.15, 0.2) is 48.5 Å². The second-order valence-corrected chi connectivity index (χ2v) is 13.4. The van der Waals surface area contributed by atoms with Gasteiger partial charge in [-0.05, 0) is 81.1 Å². The molecule has 41 heavy (non-hydrogen) atoms. The lowest BCUT2D eigenvalue weighted by molar-refractivity contribution is -0.138. The molecule has 11 heteroatoms. The molecule has 220 valence electrons. The van der Waals surface area contributed by atoms with Gasteiger partial charge in [0.25, 0.3) is 0 Å². The van der Waals surface area contributed by atoms with Crippen LogP contribution in [0.2, 0.25) is 0 Å². The van der Waals surface area contributed by atoms with E-state index in [1.807, 2.05) is 6.92 Å². The summed E-state index contributed by atoms with van der Waals surface area (Å²) in [7, 11) is 1.58. The van der Waals surface area contributed by atoms with E-state index in [1.54, 1.807) is 72.3 Å². The van der Waals surface area contributed by atoms with Gasteiger partial charge in [0.2, 0.25) is 17.7 Å². The van der Waals surface area contributed by atoms with E-state index < -0.39 is 22.6 Å². The smallest absolute Gasteiger partial charge is 0.248 e. The number of thioether (sulfide) groups is 1. The summed E-state index contributed by atoms with van der Waals surface area (Å²) in [6.45, 7) is 2.94. The molecule has 0 radical (unpaired) electrons. The van der Waals surface area contributed by atoms with Crippen LogP contribution in [0.3, 0.4) is 0 Å². The number of nitrogens with zero attached hydrogens (tertiary/aromatic N) is 1. The Morgan fingerprint density at radius 1 is 1.02 bits per heavy atom. The maximum absolute atomic E-state index is 14.1. The Morgan fingerprint density at radius 3 is 2.27 bits per heavy atom. The largest absolute Gasteiger partial charge is 0.497 e. The number of fused-ring (bicyclic) bond motifs is 1. The molecule has 3 aliphatic heterocycles. The molecule has 2 bridgehead atoms. The van der Waals surface area contributed by atoms with E-state index in [-0.39, 0.29) is 34.4 Å². The van der Waals surface area contributed by atoms with E-state index in [9.17, 15) is 19.5 Å². The van der Waals surface area contributed by atoms with Crippen LogP contribution >= 0.6 is 27.7 Å². The molecule has 3 N–H and O–H groups in total. The zero-order chi connectivity index (χ0) is 29.1. The van der Waals surface area contributed by atoms with Gasteiger partial charge in [0, 0.05) is 34.6 Å². The number of alkyl halides is 1. The lowest BCUT2D eigenvalue weighted by atomic mass is 9.70. The number of anilines is 2. The number of halogens is 1. The number of benzene rings is 2. The fraction of sp³-hybridized carbons (Fsp3) is 0.500. The topological polar surface area (TPSA) is 117 Å². The minimum atomic E-state index is -0.732. The number of amides is 3. The summed E-state index contributed by atoms with van der Waals surface area (Å²) in [4.78, 5) is 43.6. The summed E-state index contributed by atoms with van der Waals surface area (Å²) >= 11 is 5.41. The predicted octanol–water partition coefficient (Wildman–Crippen LogP) is 4.30. The summed E-state index contributed by atoms with van der Waals surface area (Å²) in [6, 6.07) is 13.6. The third-order valence-electron chi connectivity index (χ3n) is 8.19. The van der Waals surface area contributed by atoms with Gasteiger partial charge in [0.05, 0.1) is 30.3 Å². The molecule has 3 heterocycles. The highest BCUT2D eigenvalue weighted by molar-refractivity contribution is 9.09. The molecule has 3 saturated heterocycles. The van der Waals surface area contributed by atoms with Crippen molar-refractivity contribution in [2.24, 2.45) is 11.8 Å². The van der Waals surface area contributed by atoms with E-state index >= 15 is 0 Å². The summed E-state index contributed by atoms with van der Waals surface area (Å²) in [5.74, 6) is -0.425. The normalized spacial score (nSPS) is 28.0. The molecular formula is C30H36BrN3O6S. The number of ether oxygens (including phenoxy) is 2. The van der Waals surface area contributed by atoms with Crippen LogP contribution in [0.1, 0.15) is 32.6 Å². The van der Waals surface area contributed by atoms with Crippen LogP contribution in [-0.2, 0) is 14.4 Å². The third kappa shape index (κ3) is 5.68. The summed E-state index contributed by atoms with van der Waals surface area (Å²) in [5.41, 5.74) is 1.24. The minimum Gasteiger partial charge on any atom is -0.497 e. The second-order valence-electron chi connectivity index (χ2n) is 10.6. The molecule has 2 aromatic carbocycles. The van der Waals surface area contributed by atoms with Crippen molar-refractivity contribution in [2.75, 3.05) is 37.5 Å². The molecule has 3 unspecified atom stereocenters. The van der Waals surface area contributed by atoms with Gasteiger partial charge in [-0.3, -0.25) is 14.4 Å². The highest BCUT2D eigenvalue weighted by atomic mass is 79.9. The average molecular weight is 647 g/mol. The SMILES string of the molecule is CCOc1ccc(NC(=O)[C@H]2[C@H]3C(=O)N(CCCCCO)C(C(=O)Nc4ccc(OC)cc4)C34CC(Br)[C@@H]2S4)cc1. The van der Waals surface area contributed by atoms with Crippen LogP contribution in [0, 0.1) is 11.8 Å². The molecule has 6 atom stereocenters. The van der Waals surface area contributed by atoms with E-state index in [0.717, 1.165) is 6.42 Å². The van der Waals surface area contributed by atoms with Gasteiger partial charge in [-0.1, -0.05) is 15.9 Å². The molecule has 2 aromatic rings. The lowest BCUT2D eigenvalue weighted by Gasteiger charge is -2.35. The quantitative estimate of drug-likeness (QED) is 0.233. The van der Waals surface area contributed by atoms with Crippen molar-refractivity contribution in [3.05, 3.63) is 48.5 Å². The number of hydrogen-bond acceptors (Lipinski definition) is 7. The Labute approximate surface area is 252 Å². The molecular weight excluding hydrogens is 610 g/mol. The number of unbranched alkanes of at least 4 members (excludes halogenated alkanes) is 2. The number of carbonyl (C=O) groups is 3. The Balaban J connectivity index is 1.42. The van der Waals surface area contributed by atoms with Crippen LogP contribution in [-0.4, -0.2) is 75.5 Å². The van der Waals surface area contributed by atoms with Crippen molar-refractivity contribution in [2.45, 2.75) is 53.5 Å². The summed E-state index contributed by atoms with van der Waals surface area (Å²) in [5, 5.41) is 15.1. The number of carbonyl (C=O) groups excluding carboxylic acids is 3. The number of likely N-dealkylation sites (tertiary alicyclic amines) is 1. The molecule has 9 nitrogen and oxygen atoms in total. The highest BCUT2D eigenvalue weighted by Crippen LogP contribution is 2.67. The number of aliphatic hydroxyl groups is 1. The molecule has 5 rings (SSSR count). The Morgan fingerprint density at radius 2 is 1.66 bits per heavy atom. The Bertz CT molecular complexity index is 1260. The minimum absolute atomic E-state index is 0.0155. The third-order valence-corrected chi connectivity index (χ3v) is 11.4. The van der Waals surface area contributed by atoms with Crippen molar-refractivity contribution >= 4 is 56.8 Å². The van der Waals surface area contributed by atoms with Crippen molar-refractivity contribution in [1.29, 1.82) is 0 Å². The molecule has 1 spiro atoms. The zero-order valence-corrected chi connectivity index (χ0v) is 25.6. The first-order valence-electron chi connectivity index (χ1n) is 14.0. The monoisotopic (exact) mass is 645 g/mol. The molecule has 3 amide bonds. The van der Waals surface area contributed by atoms with Gasteiger partial charge < -0.3 is 30.1 Å². The van der Waals surface area contributed by atoms with Gasteiger partial charge in [-0.2, -0.15) is 0 Å². The van der Waals surface area contributed by atoms with E-state index in [2.05, 4.69) is 26.6 Å². The summed E-state index contributed by atoms with van der Waals surface area (Å²) < 4.78 is 10.0. The van der Waals surface area contributed by atoms with Crippen LogP contribution in [0.25, 0.3) is 0 Å². The number of aliphatic hydroxyl groups excluding tert-OH is 1. The average Bonchev–Trinajstić information content (AvgIpc) is 3.56. The van der Waals surface area contributed by atoms with Crippen LogP contribution in [0.5, 0.6) is 11.5 Å². The molecule has 0 aliphatic carbocycles. The second kappa shape index (κ2) is 12.6. The maximum Gasteiger partial charge on any atom is 0.248 e. The fourth-order valence-corrected chi connectivity index (χ4v) is 10.1. The zero-order valence-electron chi connectivity index (χ0n) is 23.2. The van der Waals surface area contributed by atoms with Crippen LogP contribution < -0.4 is 20.1 Å². The van der Waals surface area contributed by atoms with Gasteiger partial charge in [0.15, 0.2) is 0 Å². The first kappa shape index (κ1) is 29.7. The number of hydrogen-bond donors (Lipinski definition) is 3. The van der Waals surface area contributed by atoms with E-state index in [4.69, 9.17) is 9.47 Å². The van der Waals surface area contributed by atoms with Gasteiger partial charge in [-0.25, -0.2) is 0 Å². The fourth-order valence-electron chi connectivity index (χ4n) is 6.45. The van der Waals surface area contributed by atoms with Crippen molar-refractivity contribution in [3.8, 4) is 11.5 Å². The molecule has 0 aromatic heterocycles. The van der Waals surface area contributed by atoms with Crippen LogP contribution in [0.4, 0.5) is 11.4 Å². The maximum atomic E-state index is 14.1. The molecule has 3 aliphatic rings. The van der Waals surface area contributed by atoms with Gasteiger partial charge >= 0.3 is 0 Å². The Hall–Kier alpha value is -2.76. The number of rotatable bonds is 12. The Kier molecular flexibility index (Phi) is 9.15. The van der Waals surface area contributed by atoms with Crippen molar-refractivity contribution in [1.82, 2.24) is 4.90 Å². The first-order chi connectivity index (χ1) is 19.8. The number of methoxy groups -OCH3 is 1. The van der Waals surface area contributed by atoms with Crippen molar-refractivity contribution in [3.63, 3.8) is 0 Å². The highest BCUT2D eigenvalue weighted by Gasteiger charge is 2.75. The molecule has 3 fully saturated rings. The standard InChI is InChI=1S/C30H36BrN3O6S/c1-3-40-21-13-9-18(10-14-21)32-27(36)23-24-29(38)34(15-5-4-6-16-35)26(30(24)17-22(31)25(23)41-30)28(37)33-19-7-11-20(39-2)12-8-19/h7-14,22-26,35H,3-6,15-17H2,1-2H3,(H,32,36)(H,33,37)/t22?,23-,24-,25-,26?,30?/m0/s1. The number of nitrogens with one attached hydrogen (secondary N) is 2. The lowest BCUT2D eigenvalue weighted by Crippen LogP contribution is -2.52. The van der Waals surface area contributed by atoms with Gasteiger partial charge in [-0.15, -0.1) is 11.8 Å². The van der Waals surface area contributed by atoms with Gasteiger partial charge in [0.1, 0.15) is 17.5 Å². The van der Waals surface area contributed by atoms with E-state index in [0.29, 0.717) is 55.3 Å².